The molecule has 90 valence electrons. The molecule has 0 amide bonds. The fourth-order valence-electron chi connectivity index (χ4n) is 1.81. The fourth-order valence-corrected chi connectivity index (χ4v) is 1.81. The van der Waals surface area contributed by atoms with Crippen molar-refractivity contribution in [3.8, 4) is 0 Å². The van der Waals surface area contributed by atoms with Crippen molar-refractivity contribution in [2.24, 2.45) is 17.3 Å². The maximum Gasteiger partial charge on any atom is 0.306 e. The van der Waals surface area contributed by atoms with Crippen LogP contribution >= 0.6 is 0 Å². The molecule has 0 radical (unpaired) electrons. The van der Waals surface area contributed by atoms with Crippen LogP contribution in [-0.2, 0) is 4.79 Å². The highest BCUT2D eigenvalue weighted by atomic mass is 16.4. The first-order chi connectivity index (χ1) is 6.80. The summed E-state index contributed by atoms with van der Waals surface area (Å²) in [6.45, 7) is 10.6. The van der Waals surface area contributed by atoms with E-state index >= 15 is 0 Å². The topological polar surface area (TPSA) is 37.3 Å². The maximum atomic E-state index is 11.2. The van der Waals surface area contributed by atoms with Crippen LogP contribution in [0.4, 0.5) is 0 Å². The Kier molecular flexibility index (Phi) is 5.92. The molecule has 1 N–H and O–H groups in total. The summed E-state index contributed by atoms with van der Waals surface area (Å²) in [4.78, 5) is 11.2. The average Bonchev–Trinajstić information content (AvgIpc) is 2.09. The summed E-state index contributed by atoms with van der Waals surface area (Å²) < 4.78 is 0. The van der Waals surface area contributed by atoms with Crippen LogP contribution in [0.3, 0.4) is 0 Å². The zero-order valence-electron chi connectivity index (χ0n) is 10.8. The Labute approximate surface area is 94.1 Å². The van der Waals surface area contributed by atoms with Gasteiger partial charge in [0.15, 0.2) is 0 Å². The standard InChI is InChI=1S/C13H26O2/c1-6-7-8-9-11(12(14)15)10(2)13(3,4)5/h10-11H,6-9H2,1-5H3,(H,14,15). The van der Waals surface area contributed by atoms with Crippen molar-refractivity contribution in [2.45, 2.75) is 60.3 Å². The highest BCUT2D eigenvalue weighted by molar-refractivity contribution is 5.70. The first kappa shape index (κ1) is 14.5. The van der Waals surface area contributed by atoms with E-state index in [0.29, 0.717) is 0 Å². The van der Waals surface area contributed by atoms with Crippen LogP contribution in [0.2, 0.25) is 0 Å². The monoisotopic (exact) mass is 214 g/mol. The van der Waals surface area contributed by atoms with Crippen molar-refractivity contribution in [1.82, 2.24) is 0 Å². The Morgan fingerprint density at radius 1 is 1.27 bits per heavy atom. The van der Waals surface area contributed by atoms with Gasteiger partial charge >= 0.3 is 5.97 Å². The molecule has 0 bridgehead atoms. The summed E-state index contributed by atoms with van der Waals surface area (Å²) in [6, 6.07) is 0. The number of carbonyl (C=O) groups is 1. The number of hydrogen-bond donors (Lipinski definition) is 1. The second kappa shape index (κ2) is 6.14. The van der Waals surface area contributed by atoms with Crippen LogP contribution in [-0.4, -0.2) is 11.1 Å². The lowest BCUT2D eigenvalue weighted by atomic mass is 9.73. The average molecular weight is 214 g/mol. The quantitative estimate of drug-likeness (QED) is 0.680. The summed E-state index contributed by atoms with van der Waals surface area (Å²) >= 11 is 0. The molecule has 0 rings (SSSR count). The zero-order valence-corrected chi connectivity index (χ0v) is 10.8. The number of rotatable bonds is 6. The number of aliphatic carboxylic acids is 1. The molecule has 15 heavy (non-hydrogen) atoms. The number of unbranched alkanes of at least 4 members (excludes halogenated alkanes) is 2. The molecule has 2 unspecified atom stereocenters. The molecule has 0 aromatic carbocycles. The third-order valence-corrected chi connectivity index (χ3v) is 3.41. The van der Waals surface area contributed by atoms with E-state index in [1.165, 1.54) is 0 Å². The lowest BCUT2D eigenvalue weighted by molar-refractivity contribution is -0.145. The lowest BCUT2D eigenvalue weighted by Gasteiger charge is -2.32. The number of hydrogen-bond acceptors (Lipinski definition) is 1. The van der Waals surface area contributed by atoms with Crippen molar-refractivity contribution >= 4 is 5.97 Å². The number of carboxylic acid groups (broad SMARTS) is 1. The highest BCUT2D eigenvalue weighted by Crippen LogP contribution is 2.34. The smallest absolute Gasteiger partial charge is 0.306 e. The van der Waals surface area contributed by atoms with Gasteiger partial charge < -0.3 is 5.11 Å². The Hall–Kier alpha value is -0.530. The van der Waals surface area contributed by atoms with Gasteiger partial charge in [0.2, 0.25) is 0 Å². The van der Waals surface area contributed by atoms with Crippen molar-refractivity contribution in [2.75, 3.05) is 0 Å². The predicted octanol–water partition coefficient (Wildman–Crippen LogP) is 3.95. The summed E-state index contributed by atoms with van der Waals surface area (Å²) in [5.74, 6) is -0.586. The van der Waals surface area contributed by atoms with Gasteiger partial charge in [-0.3, -0.25) is 4.79 Å². The highest BCUT2D eigenvalue weighted by Gasteiger charge is 2.32. The largest absolute Gasteiger partial charge is 0.481 e. The SMILES string of the molecule is CCCCCC(C(=O)O)C(C)C(C)(C)C. The Balaban J connectivity index is 4.33. The minimum Gasteiger partial charge on any atom is -0.481 e. The van der Waals surface area contributed by atoms with Crippen LogP contribution in [0, 0.1) is 17.3 Å². The Bertz CT molecular complexity index is 191. The van der Waals surface area contributed by atoms with E-state index in [1.54, 1.807) is 0 Å². The third kappa shape index (κ3) is 5.19. The molecule has 2 atom stereocenters. The van der Waals surface area contributed by atoms with Gasteiger partial charge in [0.1, 0.15) is 0 Å². The zero-order chi connectivity index (χ0) is 12.1. The van der Waals surface area contributed by atoms with Gasteiger partial charge in [-0.2, -0.15) is 0 Å². The molecule has 2 nitrogen and oxygen atoms in total. The fraction of sp³-hybridized carbons (Fsp3) is 0.923. The van der Waals surface area contributed by atoms with Gasteiger partial charge in [0.25, 0.3) is 0 Å². The van der Waals surface area contributed by atoms with Crippen LogP contribution in [0.15, 0.2) is 0 Å². The van der Waals surface area contributed by atoms with Crippen molar-refractivity contribution < 1.29 is 9.90 Å². The van der Waals surface area contributed by atoms with Gasteiger partial charge in [0, 0.05) is 0 Å². The lowest BCUT2D eigenvalue weighted by Crippen LogP contribution is -2.31. The van der Waals surface area contributed by atoms with Gasteiger partial charge in [-0.25, -0.2) is 0 Å². The molecular formula is C13H26O2. The van der Waals surface area contributed by atoms with Crippen LogP contribution in [0.1, 0.15) is 60.3 Å². The molecule has 0 aliphatic carbocycles. The molecular weight excluding hydrogens is 188 g/mol. The molecule has 0 saturated carbocycles. The minimum atomic E-state index is -0.631. The van der Waals surface area contributed by atoms with Crippen LogP contribution in [0.5, 0.6) is 0 Å². The maximum absolute atomic E-state index is 11.2. The molecule has 0 spiro atoms. The van der Waals surface area contributed by atoms with E-state index in [0.717, 1.165) is 25.7 Å². The van der Waals surface area contributed by atoms with Crippen LogP contribution < -0.4 is 0 Å². The summed E-state index contributed by atoms with van der Waals surface area (Å²) in [5.41, 5.74) is 0.0786. The van der Waals surface area contributed by atoms with E-state index in [1.807, 2.05) is 0 Å². The minimum absolute atomic E-state index is 0.0786. The van der Waals surface area contributed by atoms with Gasteiger partial charge in [-0.05, 0) is 17.8 Å². The van der Waals surface area contributed by atoms with Gasteiger partial charge in [-0.15, -0.1) is 0 Å². The summed E-state index contributed by atoms with van der Waals surface area (Å²) in [7, 11) is 0. The Morgan fingerprint density at radius 3 is 2.13 bits per heavy atom. The van der Waals surface area contributed by atoms with Crippen molar-refractivity contribution in [3.63, 3.8) is 0 Å². The van der Waals surface area contributed by atoms with E-state index in [-0.39, 0.29) is 17.3 Å². The van der Waals surface area contributed by atoms with E-state index in [4.69, 9.17) is 0 Å². The van der Waals surface area contributed by atoms with Crippen molar-refractivity contribution in [1.29, 1.82) is 0 Å². The normalized spacial score (nSPS) is 16.1. The van der Waals surface area contributed by atoms with Crippen LogP contribution in [0.25, 0.3) is 0 Å². The molecule has 0 saturated heterocycles. The van der Waals surface area contributed by atoms with E-state index in [9.17, 15) is 9.90 Å². The number of carboxylic acids is 1. The molecule has 0 aromatic heterocycles. The molecule has 0 aliphatic heterocycles. The second-order valence-electron chi connectivity index (χ2n) is 5.60. The molecule has 0 fully saturated rings. The van der Waals surface area contributed by atoms with Crippen molar-refractivity contribution in [3.05, 3.63) is 0 Å². The predicted molar refractivity (Wildman–Crippen MR) is 63.9 cm³/mol. The summed E-state index contributed by atoms with van der Waals surface area (Å²) in [5, 5.41) is 9.21. The van der Waals surface area contributed by atoms with Gasteiger partial charge in [-0.1, -0.05) is 53.9 Å². The molecule has 2 heteroatoms. The first-order valence-electron chi connectivity index (χ1n) is 6.03. The Morgan fingerprint density at radius 2 is 1.80 bits per heavy atom. The van der Waals surface area contributed by atoms with E-state index in [2.05, 4.69) is 34.6 Å². The van der Waals surface area contributed by atoms with E-state index < -0.39 is 5.97 Å². The molecule has 0 aromatic rings. The first-order valence-corrected chi connectivity index (χ1v) is 6.03. The third-order valence-electron chi connectivity index (χ3n) is 3.41. The van der Waals surface area contributed by atoms with Gasteiger partial charge in [0.05, 0.1) is 5.92 Å². The molecule has 0 aliphatic rings. The molecule has 0 heterocycles. The second-order valence-corrected chi connectivity index (χ2v) is 5.60. The summed E-state index contributed by atoms with van der Waals surface area (Å²) in [6.07, 6.45) is 4.15.